The van der Waals surface area contributed by atoms with Crippen molar-refractivity contribution >= 4 is 9.84 Å². The first-order valence-electron chi connectivity index (χ1n) is 5.42. The van der Waals surface area contributed by atoms with Gasteiger partial charge in [-0.15, -0.1) is 0 Å². The molecule has 0 saturated heterocycles. The van der Waals surface area contributed by atoms with Crippen molar-refractivity contribution in [2.24, 2.45) is 0 Å². The molecule has 1 aromatic carbocycles. The van der Waals surface area contributed by atoms with Gasteiger partial charge < -0.3 is 10.1 Å². The van der Waals surface area contributed by atoms with Crippen molar-refractivity contribution in [3.8, 4) is 17.0 Å². The minimum Gasteiger partial charge on any atom is -0.493 e. The van der Waals surface area contributed by atoms with Crippen molar-refractivity contribution in [1.82, 2.24) is 9.97 Å². The number of nitrogens with zero attached hydrogens (tertiary/aromatic N) is 1. The van der Waals surface area contributed by atoms with E-state index >= 15 is 0 Å². The van der Waals surface area contributed by atoms with Crippen molar-refractivity contribution in [3.63, 3.8) is 0 Å². The molecule has 0 aliphatic carbocycles. The number of nitrogens with one attached hydrogen (secondary N) is 1. The minimum atomic E-state index is -3.33. The number of sulfone groups is 1. The lowest BCUT2D eigenvalue weighted by atomic mass is 10.1. The molecule has 0 fully saturated rings. The Bertz CT molecular complexity index is 751. The number of H-pyrrole nitrogens is 1. The molecule has 0 aliphatic heterocycles. The Morgan fingerprint density at radius 1 is 1.26 bits per heavy atom. The standard InChI is InChI=1S/C12H12N2O4S/c1-19(17,18)7-9-13-11(15)10(12(16)14-9)8-5-3-2-4-6-8/h2-6H,7H2,1H3,(H2,13,14,15,16). The average Bonchev–Trinajstić information content (AvgIpc) is 2.27. The van der Waals surface area contributed by atoms with Crippen LogP contribution >= 0.6 is 0 Å². The Hall–Kier alpha value is -2.15. The third-order valence-corrected chi connectivity index (χ3v) is 3.21. The Morgan fingerprint density at radius 2 is 1.89 bits per heavy atom. The molecule has 100 valence electrons. The summed E-state index contributed by atoms with van der Waals surface area (Å²) in [6.07, 6.45) is 1.02. The number of aromatic nitrogens is 2. The third kappa shape index (κ3) is 3.19. The first-order chi connectivity index (χ1) is 8.87. The fourth-order valence-electron chi connectivity index (χ4n) is 1.69. The van der Waals surface area contributed by atoms with Crippen LogP contribution in [-0.4, -0.2) is 29.7 Å². The number of aromatic amines is 1. The van der Waals surface area contributed by atoms with E-state index in [0.29, 0.717) is 5.56 Å². The molecule has 2 rings (SSSR count). The highest BCUT2D eigenvalue weighted by atomic mass is 32.2. The molecule has 1 heterocycles. The molecule has 1 aromatic heterocycles. The van der Waals surface area contributed by atoms with Gasteiger partial charge in [-0.05, 0) is 5.56 Å². The third-order valence-electron chi connectivity index (χ3n) is 2.41. The van der Waals surface area contributed by atoms with E-state index in [9.17, 15) is 18.3 Å². The van der Waals surface area contributed by atoms with E-state index in [2.05, 4.69) is 9.97 Å². The van der Waals surface area contributed by atoms with Crippen LogP contribution in [0, 0.1) is 0 Å². The lowest BCUT2D eigenvalue weighted by Crippen LogP contribution is -2.16. The predicted octanol–water partition coefficient (Wildman–Crippen LogP) is 0.687. The number of benzene rings is 1. The first kappa shape index (κ1) is 13.3. The maximum atomic E-state index is 11.9. The summed E-state index contributed by atoms with van der Waals surface area (Å²) in [4.78, 5) is 18.0. The summed E-state index contributed by atoms with van der Waals surface area (Å²) in [6.45, 7) is 0. The van der Waals surface area contributed by atoms with Crippen LogP contribution in [0.15, 0.2) is 35.1 Å². The van der Waals surface area contributed by atoms with Gasteiger partial charge in [0.15, 0.2) is 9.84 Å². The Balaban J connectivity index is 2.53. The molecular weight excluding hydrogens is 268 g/mol. The van der Waals surface area contributed by atoms with E-state index in [-0.39, 0.29) is 11.4 Å². The fraction of sp³-hybridized carbons (Fsp3) is 0.167. The zero-order chi connectivity index (χ0) is 14.0. The molecule has 0 aliphatic rings. The van der Waals surface area contributed by atoms with E-state index in [0.717, 1.165) is 6.26 Å². The largest absolute Gasteiger partial charge is 0.493 e. The molecule has 0 unspecified atom stereocenters. The van der Waals surface area contributed by atoms with Gasteiger partial charge in [-0.1, -0.05) is 30.3 Å². The van der Waals surface area contributed by atoms with Crippen LogP contribution in [-0.2, 0) is 15.6 Å². The molecule has 0 atom stereocenters. The molecule has 2 N–H and O–H groups in total. The number of hydrogen-bond donors (Lipinski definition) is 2. The van der Waals surface area contributed by atoms with Crippen LogP contribution in [0.1, 0.15) is 5.82 Å². The van der Waals surface area contributed by atoms with E-state index < -0.39 is 27.0 Å². The van der Waals surface area contributed by atoms with Gasteiger partial charge in [0.1, 0.15) is 17.1 Å². The van der Waals surface area contributed by atoms with Crippen LogP contribution < -0.4 is 5.56 Å². The SMILES string of the molecule is CS(=O)(=O)Cc1nc(O)c(-c2ccccc2)c(=O)[nH]1. The zero-order valence-electron chi connectivity index (χ0n) is 10.1. The number of hydrogen-bond acceptors (Lipinski definition) is 5. The number of aromatic hydroxyl groups is 1. The van der Waals surface area contributed by atoms with Crippen molar-refractivity contribution in [2.45, 2.75) is 5.75 Å². The lowest BCUT2D eigenvalue weighted by molar-refractivity contribution is 0.451. The van der Waals surface area contributed by atoms with Crippen LogP contribution in [0.2, 0.25) is 0 Å². The summed E-state index contributed by atoms with van der Waals surface area (Å²) in [6, 6.07) is 8.53. The molecule has 6 nitrogen and oxygen atoms in total. The van der Waals surface area contributed by atoms with Gasteiger partial charge in [0.2, 0.25) is 5.88 Å². The molecule has 0 bridgehead atoms. The smallest absolute Gasteiger partial charge is 0.262 e. The predicted molar refractivity (Wildman–Crippen MR) is 70.5 cm³/mol. The summed E-state index contributed by atoms with van der Waals surface area (Å²) in [5.41, 5.74) is -0.0325. The molecule has 0 spiro atoms. The highest BCUT2D eigenvalue weighted by Gasteiger charge is 2.15. The Labute approximate surface area is 109 Å². The van der Waals surface area contributed by atoms with Crippen molar-refractivity contribution in [1.29, 1.82) is 0 Å². The Kier molecular flexibility index (Phi) is 3.39. The normalized spacial score (nSPS) is 11.4. The van der Waals surface area contributed by atoms with Crippen LogP contribution in [0.5, 0.6) is 5.88 Å². The molecule has 2 aromatic rings. The van der Waals surface area contributed by atoms with Crippen LogP contribution in [0.4, 0.5) is 0 Å². The molecule has 0 amide bonds. The van der Waals surface area contributed by atoms with Gasteiger partial charge in [0.25, 0.3) is 5.56 Å². The van der Waals surface area contributed by atoms with Crippen molar-refractivity contribution in [2.75, 3.05) is 6.26 Å². The number of rotatable bonds is 3. The summed E-state index contributed by atoms with van der Waals surface area (Å²) in [5, 5.41) is 9.80. The zero-order valence-corrected chi connectivity index (χ0v) is 10.9. The van der Waals surface area contributed by atoms with Gasteiger partial charge in [0, 0.05) is 6.26 Å². The van der Waals surface area contributed by atoms with Crippen LogP contribution in [0.25, 0.3) is 11.1 Å². The van der Waals surface area contributed by atoms with E-state index in [1.807, 2.05) is 0 Å². The highest BCUT2D eigenvalue weighted by Crippen LogP contribution is 2.22. The fourth-order valence-corrected chi connectivity index (χ4v) is 2.32. The summed E-state index contributed by atoms with van der Waals surface area (Å²) >= 11 is 0. The first-order valence-corrected chi connectivity index (χ1v) is 7.48. The topological polar surface area (TPSA) is 100 Å². The second kappa shape index (κ2) is 4.85. The van der Waals surface area contributed by atoms with Gasteiger partial charge in [-0.25, -0.2) is 8.42 Å². The monoisotopic (exact) mass is 280 g/mol. The maximum Gasteiger partial charge on any atom is 0.262 e. The van der Waals surface area contributed by atoms with E-state index in [4.69, 9.17) is 0 Å². The minimum absolute atomic E-state index is 0.0258. The molecule has 0 saturated carbocycles. The highest BCUT2D eigenvalue weighted by molar-refractivity contribution is 7.89. The van der Waals surface area contributed by atoms with Gasteiger partial charge in [-0.2, -0.15) is 4.98 Å². The van der Waals surface area contributed by atoms with Crippen LogP contribution in [0.3, 0.4) is 0 Å². The average molecular weight is 280 g/mol. The second-order valence-electron chi connectivity index (χ2n) is 4.15. The Morgan fingerprint density at radius 3 is 2.42 bits per heavy atom. The lowest BCUT2D eigenvalue weighted by Gasteiger charge is -2.05. The summed E-state index contributed by atoms with van der Waals surface area (Å²) < 4.78 is 22.3. The second-order valence-corrected chi connectivity index (χ2v) is 6.29. The maximum absolute atomic E-state index is 11.9. The molecule has 0 radical (unpaired) electrons. The van der Waals surface area contributed by atoms with E-state index in [1.54, 1.807) is 30.3 Å². The van der Waals surface area contributed by atoms with Gasteiger partial charge in [0.05, 0.1) is 0 Å². The van der Waals surface area contributed by atoms with Crippen molar-refractivity contribution in [3.05, 3.63) is 46.5 Å². The molecular formula is C12H12N2O4S. The molecule has 7 heteroatoms. The summed E-state index contributed by atoms with van der Waals surface area (Å²) in [7, 11) is -3.33. The van der Waals surface area contributed by atoms with E-state index in [1.165, 1.54) is 0 Å². The summed E-state index contributed by atoms with van der Waals surface area (Å²) in [5.74, 6) is -0.983. The van der Waals surface area contributed by atoms with Gasteiger partial charge in [-0.3, -0.25) is 4.79 Å². The van der Waals surface area contributed by atoms with Crippen molar-refractivity contribution < 1.29 is 13.5 Å². The quantitative estimate of drug-likeness (QED) is 0.861. The molecule has 19 heavy (non-hydrogen) atoms. The van der Waals surface area contributed by atoms with Gasteiger partial charge >= 0.3 is 0 Å².